The average molecular weight is 384 g/mol. The molecule has 4 aromatic carbocycles. The number of para-hydroxylation sites is 1. The maximum atomic E-state index is 6.67. The van der Waals surface area contributed by atoms with Crippen LogP contribution in [0.3, 0.4) is 0 Å². The van der Waals surface area contributed by atoms with Crippen molar-refractivity contribution >= 4 is 64.9 Å². The topological polar surface area (TPSA) is 4.93 Å². The molecule has 0 spiro atoms. The van der Waals surface area contributed by atoms with E-state index in [9.17, 15) is 0 Å². The Kier molecular flexibility index (Phi) is 3.16. The van der Waals surface area contributed by atoms with Crippen LogP contribution in [0.2, 0.25) is 5.02 Å². The Balaban J connectivity index is 1.87. The van der Waals surface area contributed by atoms with E-state index in [4.69, 9.17) is 11.6 Å². The van der Waals surface area contributed by atoms with E-state index in [-0.39, 0.29) is 0 Å². The van der Waals surface area contributed by atoms with Gasteiger partial charge in [-0.15, -0.1) is 11.3 Å². The molecule has 0 aliphatic heterocycles. The lowest BCUT2D eigenvalue weighted by molar-refractivity contribution is 1.18. The van der Waals surface area contributed by atoms with Gasteiger partial charge in [-0.3, -0.25) is 0 Å². The first-order chi connectivity index (χ1) is 13.3. The van der Waals surface area contributed by atoms with Gasteiger partial charge in [0.05, 0.1) is 16.1 Å². The second-order valence-corrected chi connectivity index (χ2v) is 8.26. The van der Waals surface area contributed by atoms with Crippen LogP contribution in [0.1, 0.15) is 0 Å². The third-order valence-corrected chi connectivity index (χ3v) is 6.70. The smallest absolute Gasteiger partial charge is 0.0556 e. The van der Waals surface area contributed by atoms with Crippen molar-refractivity contribution in [1.82, 2.24) is 4.57 Å². The number of thiophene rings is 1. The molecule has 0 radical (unpaired) electrons. The van der Waals surface area contributed by atoms with E-state index >= 15 is 0 Å². The van der Waals surface area contributed by atoms with Crippen LogP contribution in [-0.2, 0) is 0 Å². The van der Waals surface area contributed by atoms with E-state index in [2.05, 4.69) is 77.4 Å². The Labute approximate surface area is 165 Å². The van der Waals surface area contributed by atoms with Gasteiger partial charge in [0.1, 0.15) is 0 Å². The lowest BCUT2D eigenvalue weighted by atomic mass is 10.1. The summed E-state index contributed by atoms with van der Waals surface area (Å²) in [5.41, 5.74) is 3.49. The molecule has 1 nitrogen and oxygen atoms in total. The molecular formula is C24H14ClNS. The molecule has 0 amide bonds. The fourth-order valence-corrected chi connectivity index (χ4v) is 5.49. The SMILES string of the molecule is Clc1cccc2c1c1cc3c(cc1n2-c1ccccc1)sc1ccccc13. The fraction of sp³-hybridized carbons (Fsp3) is 0. The first-order valence-electron chi connectivity index (χ1n) is 8.90. The van der Waals surface area contributed by atoms with Crippen molar-refractivity contribution < 1.29 is 0 Å². The average Bonchev–Trinajstić information content (AvgIpc) is 3.22. The van der Waals surface area contributed by atoms with E-state index in [1.807, 2.05) is 23.5 Å². The molecule has 0 bridgehead atoms. The Morgan fingerprint density at radius 1 is 0.630 bits per heavy atom. The van der Waals surface area contributed by atoms with Crippen LogP contribution in [0.25, 0.3) is 47.7 Å². The molecular weight excluding hydrogens is 370 g/mol. The van der Waals surface area contributed by atoms with Crippen molar-refractivity contribution in [2.75, 3.05) is 0 Å². The lowest BCUT2D eigenvalue weighted by Gasteiger charge is -2.07. The number of halogens is 1. The van der Waals surface area contributed by atoms with E-state index in [0.717, 1.165) is 21.6 Å². The summed E-state index contributed by atoms with van der Waals surface area (Å²) in [7, 11) is 0. The minimum absolute atomic E-state index is 0.797. The van der Waals surface area contributed by atoms with Gasteiger partial charge in [-0.2, -0.15) is 0 Å². The number of nitrogens with zero attached hydrogens (tertiary/aromatic N) is 1. The maximum absolute atomic E-state index is 6.67. The number of fused-ring (bicyclic) bond motifs is 6. The molecule has 0 N–H and O–H groups in total. The van der Waals surface area contributed by atoms with Gasteiger partial charge in [0.25, 0.3) is 0 Å². The second kappa shape index (κ2) is 5.59. The largest absolute Gasteiger partial charge is 0.309 e. The first kappa shape index (κ1) is 15.3. The Hall–Kier alpha value is -2.81. The van der Waals surface area contributed by atoms with E-state index in [0.29, 0.717) is 0 Å². The molecule has 0 saturated carbocycles. The summed E-state index contributed by atoms with van der Waals surface area (Å²) in [6.45, 7) is 0. The highest BCUT2D eigenvalue weighted by Gasteiger charge is 2.16. The minimum Gasteiger partial charge on any atom is -0.309 e. The van der Waals surface area contributed by atoms with Crippen LogP contribution in [0.5, 0.6) is 0 Å². The molecule has 3 heteroatoms. The van der Waals surface area contributed by atoms with E-state index in [1.54, 1.807) is 0 Å². The highest BCUT2D eigenvalue weighted by molar-refractivity contribution is 7.25. The van der Waals surface area contributed by atoms with Gasteiger partial charge in [0, 0.05) is 36.6 Å². The van der Waals surface area contributed by atoms with Crippen molar-refractivity contribution in [2.45, 2.75) is 0 Å². The summed E-state index contributed by atoms with van der Waals surface area (Å²) in [5.74, 6) is 0. The third kappa shape index (κ3) is 2.11. The predicted molar refractivity (Wildman–Crippen MR) is 119 cm³/mol. The van der Waals surface area contributed by atoms with Crippen LogP contribution in [-0.4, -0.2) is 4.57 Å². The van der Waals surface area contributed by atoms with Gasteiger partial charge in [-0.25, -0.2) is 0 Å². The van der Waals surface area contributed by atoms with E-state index in [1.165, 1.54) is 31.1 Å². The molecule has 0 aliphatic carbocycles. The molecule has 6 aromatic rings. The highest BCUT2D eigenvalue weighted by Crippen LogP contribution is 2.42. The summed E-state index contributed by atoms with van der Waals surface area (Å²) in [6, 6.07) is 29.9. The molecule has 2 heterocycles. The zero-order valence-corrected chi connectivity index (χ0v) is 15.9. The summed E-state index contributed by atoms with van der Waals surface area (Å²) in [4.78, 5) is 0. The number of rotatable bonds is 1. The lowest BCUT2D eigenvalue weighted by Crippen LogP contribution is -1.92. The summed E-state index contributed by atoms with van der Waals surface area (Å²) in [6.07, 6.45) is 0. The van der Waals surface area contributed by atoms with Crippen LogP contribution in [0.15, 0.2) is 84.9 Å². The molecule has 0 aliphatic rings. The van der Waals surface area contributed by atoms with Gasteiger partial charge in [-0.05, 0) is 42.5 Å². The highest BCUT2D eigenvalue weighted by atomic mass is 35.5. The molecule has 0 saturated heterocycles. The van der Waals surface area contributed by atoms with Gasteiger partial charge in [0.15, 0.2) is 0 Å². The molecule has 27 heavy (non-hydrogen) atoms. The molecule has 2 aromatic heterocycles. The normalized spacial score (nSPS) is 11.9. The fourth-order valence-electron chi connectivity index (χ4n) is 4.10. The quantitative estimate of drug-likeness (QED) is 0.273. The monoisotopic (exact) mass is 383 g/mol. The van der Waals surface area contributed by atoms with Gasteiger partial charge in [-0.1, -0.05) is 54.1 Å². The van der Waals surface area contributed by atoms with Crippen LogP contribution >= 0.6 is 22.9 Å². The summed E-state index contributed by atoms with van der Waals surface area (Å²) in [5, 5.41) is 5.74. The zero-order valence-electron chi connectivity index (χ0n) is 14.3. The molecule has 6 rings (SSSR count). The van der Waals surface area contributed by atoms with Crippen LogP contribution < -0.4 is 0 Å². The molecule has 0 unspecified atom stereocenters. The number of hydrogen-bond acceptors (Lipinski definition) is 1. The van der Waals surface area contributed by atoms with Gasteiger partial charge >= 0.3 is 0 Å². The Morgan fingerprint density at radius 3 is 2.33 bits per heavy atom. The van der Waals surface area contributed by atoms with Crippen LogP contribution in [0.4, 0.5) is 0 Å². The zero-order chi connectivity index (χ0) is 18.0. The Bertz CT molecular complexity index is 1470. The van der Waals surface area contributed by atoms with Crippen molar-refractivity contribution in [3.8, 4) is 5.69 Å². The standard InChI is InChI=1S/C24H14ClNS/c25-19-10-6-11-20-24(19)18-13-17-16-9-4-5-12-22(16)27-23(17)14-21(18)26(20)15-7-2-1-3-8-15/h1-14H. The predicted octanol–water partition coefficient (Wildman–Crippen LogP) is 7.81. The van der Waals surface area contributed by atoms with Crippen molar-refractivity contribution in [1.29, 1.82) is 0 Å². The summed E-state index contributed by atoms with van der Waals surface area (Å²) >= 11 is 8.52. The van der Waals surface area contributed by atoms with Crippen molar-refractivity contribution in [3.05, 3.63) is 90.0 Å². The minimum atomic E-state index is 0.797. The first-order valence-corrected chi connectivity index (χ1v) is 10.1. The number of benzene rings is 4. The second-order valence-electron chi connectivity index (χ2n) is 6.77. The molecule has 0 atom stereocenters. The van der Waals surface area contributed by atoms with Crippen LogP contribution in [0, 0.1) is 0 Å². The van der Waals surface area contributed by atoms with E-state index < -0.39 is 0 Å². The molecule has 128 valence electrons. The van der Waals surface area contributed by atoms with Gasteiger partial charge < -0.3 is 4.57 Å². The molecule has 0 fully saturated rings. The number of aromatic nitrogens is 1. The summed E-state index contributed by atoms with van der Waals surface area (Å²) < 4.78 is 4.95. The van der Waals surface area contributed by atoms with Crippen molar-refractivity contribution in [2.24, 2.45) is 0 Å². The van der Waals surface area contributed by atoms with Crippen molar-refractivity contribution in [3.63, 3.8) is 0 Å². The number of hydrogen-bond donors (Lipinski definition) is 0. The third-order valence-electron chi connectivity index (χ3n) is 5.25. The van der Waals surface area contributed by atoms with Gasteiger partial charge in [0.2, 0.25) is 0 Å². The Morgan fingerprint density at radius 2 is 1.44 bits per heavy atom. The maximum Gasteiger partial charge on any atom is 0.0556 e.